The number of hydrogen-bond donors (Lipinski definition) is 0. The number of aromatic nitrogens is 4. The molecule has 6 heteroatoms. The molecule has 6 nitrogen and oxygen atoms in total. The molecule has 0 N–H and O–H groups in total. The molecule has 0 fully saturated rings. The van der Waals surface area contributed by atoms with Crippen molar-refractivity contribution in [3.8, 4) is 5.69 Å². The minimum atomic E-state index is 0.0292. The zero-order valence-corrected chi connectivity index (χ0v) is 13.6. The number of para-hydroxylation sites is 1. The first-order chi connectivity index (χ1) is 11.7. The maximum absolute atomic E-state index is 4.57. The second-order valence-corrected chi connectivity index (χ2v) is 6.00. The van der Waals surface area contributed by atoms with Crippen LogP contribution in [0.4, 0.5) is 5.69 Å². The highest BCUT2D eigenvalue weighted by atomic mass is 15.6. The molecule has 1 aliphatic heterocycles. The van der Waals surface area contributed by atoms with E-state index >= 15 is 0 Å². The van der Waals surface area contributed by atoms with Crippen LogP contribution in [0.3, 0.4) is 0 Å². The van der Waals surface area contributed by atoms with Crippen LogP contribution in [0, 0.1) is 6.92 Å². The Hall–Kier alpha value is -3.02. The Morgan fingerprint density at radius 1 is 0.917 bits per heavy atom. The molecule has 2 atom stereocenters. The molecule has 120 valence electrons. The van der Waals surface area contributed by atoms with Crippen LogP contribution in [0.15, 0.2) is 59.7 Å². The third-order valence-corrected chi connectivity index (χ3v) is 4.35. The van der Waals surface area contributed by atoms with Crippen LogP contribution in [0.2, 0.25) is 0 Å². The van der Waals surface area contributed by atoms with Crippen LogP contribution in [-0.4, -0.2) is 32.5 Å². The molecule has 0 bridgehead atoms. The fraction of sp³-hybridized carbons (Fsp3) is 0.222. The molecule has 1 aliphatic rings. The average molecular weight is 318 g/mol. The maximum Gasteiger partial charge on any atom is 0.167 e. The second-order valence-electron chi connectivity index (χ2n) is 6.00. The predicted octanol–water partition coefficient (Wildman–Crippen LogP) is 2.95. The third-order valence-electron chi connectivity index (χ3n) is 4.35. The lowest BCUT2D eigenvalue weighted by atomic mass is 10.0. The molecule has 0 radical (unpaired) electrons. The molecular formula is C18H18N6. The molecule has 1 aromatic heterocycles. The van der Waals surface area contributed by atoms with Crippen molar-refractivity contribution < 1.29 is 0 Å². The van der Waals surface area contributed by atoms with Crippen LogP contribution >= 0.6 is 0 Å². The van der Waals surface area contributed by atoms with Crippen LogP contribution in [0.1, 0.15) is 24.2 Å². The summed E-state index contributed by atoms with van der Waals surface area (Å²) in [6.45, 7) is 4.20. The maximum atomic E-state index is 4.57. The normalized spacial score (nSPS) is 19.8. The van der Waals surface area contributed by atoms with Gasteiger partial charge in [0.15, 0.2) is 5.82 Å². The number of rotatable bonds is 3. The summed E-state index contributed by atoms with van der Waals surface area (Å²) in [5, 5.41) is 18.9. The molecule has 0 saturated heterocycles. The van der Waals surface area contributed by atoms with Crippen molar-refractivity contribution in [3.63, 3.8) is 0 Å². The van der Waals surface area contributed by atoms with E-state index in [1.807, 2.05) is 41.6 Å². The van der Waals surface area contributed by atoms with Crippen molar-refractivity contribution in [3.05, 3.63) is 66.0 Å². The van der Waals surface area contributed by atoms with Gasteiger partial charge in [-0.25, -0.2) is 0 Å². The summed E-state index contributed by atoms with van der Waals surface area (Å²) < 4.78 is 1.79. The summed E-state index contributed by atoms with van der Waals surface area (Å²) in [7, 11) is 0. The first kappa shape index (κ1) is 14.6. The van der Waals surface area contributed by atoms with Gasteiger partial charge in [-0.1, -0.05) is 35.9 Å². The molecule has 2 heterocycles. The highest BCUT2D eigenvalue weighted by molar-refractivity contribution is 5.74. The summed E-state index contributed by atoms with van der Waals surface area (Å²) in [5.41, 5.74) is 3.23. The lowest BCUT2D eigenvalue weighted by Crippen LogP contribution is -2.29. The Labute approximate surface area is 140 Å². The molecule has 0 aliphatic carbocycles. The Morgan fingerprint density at radius 3 is 2.42 bits per heavy atom. The fourth-order valence-electron chi connectivity index (χ4n) is 2.96. The van der Waals surface area contributed by atoms with Gasteiger partial charge in [0.25, 0.3) is 0 Å². The lowest BCUT2D eigenvalue weighted by molar-refractivity contribution is 0.624. The molecule has 0 spiro atoms. The fourth-order valence-corrected chi connectivity index (χ4v) is 2.96. The Bertz CT molecular complexity index is 853. The van der Waals surface area contributed by atoms with E-state index in [1.165, 1.54) is 5.56 Å². The van der Waals surface area contributed by atoms with E-state index < -0.39 is 0 Å². The zero-order chi connectivity index (χ0) is 16.5. The molecule has 3 aromatic rings. The lowest BCUT2D eigenvalue weighted by Gasteiger charge is -2.23. The van der Waals surface area contributed by atoms with E-state index in [9.17, 15) is 0 Å². The SMILES string of the molecule is Cc1ccc(-n2nnnc2C2C=NN(c3ccccc3)C2C)cc1. The van der Waals surface area contributed by atoms with Crippen LogP contribution in [0.25, 0.3) is 5.69 Å². The smallest absolute Gasteiger partial charge is 0.167 e. The van der Waals surface area contributed by atoms with E-state index in [-0.39, 0.29) is 12.0 Å². The zero-order valence-electron chi connectivity index (χ0n) is 13.6. The van der Waals surface area contributed by atoms with Gasteiger partial charge in [-0.05, 0) is 48.5 Å². The average Bonchev–Trinajstić information content (AvgIpc) is 3.23. The van der Waals surface area contributed by atoms with Gasteiger partial charge in [-0.15, -0.1) is 5.10 Å². The first-order valence-electron chi connectivity index (χ1n) is 7.98. The van der Waals surface area contributed by atoms with E-state index in [0.717, 1.165) is 17.2 Å². The van der Waals surface area contributed by atoms with E-state index in [1.54, 1.807) is 4.68 Å². The topological polar surface area (TPSA) is 59.2 Å². The van der Waals surface area contributed by atoms with E-state index in [4.69, 9.17) is 0 Å². The summed E-state index contributed by atoms with van der Waals surface area (Å²) in [6, 6.07) is 18.5. The van der Waals surface area contributed by atoms with Crippen molar-refractivity contribution >= 4 is 11.9 Å². The number of aryl methyl sites for hydroxylation is 1. The van der Waals surface area contributed by atoms with Gasteiger partial charge >= 0.3 is 0 Å². The number of nitrogens with zero attached hydrogens (tertiary/aromatic N) is 6. The highest BCUT2D eigenvalue weighted by Crippen LogP contribution is 2.30. The first-order valence-corrected chi connectivity index (χ1v) is 7.98. The Kier molecular flexibility index (Phi) is 3.57. The Morgan fingerprint density at radius 2 is 1.67 bits per heavy atom. The number of hydrogen-bond acceptors (Lipinski definition) is 5. The van der Waals surface area contributed by atoms with Gasteiger partial charge in [0.05, 0.1) is 23.3 Å². The van der Waals surface area contributed by atoms with Crippen molar-refractivity contribution in [1.82, 2.24) is 20.2 Å². The van der Waals surface area contributed by atoms with Crippen molar-refractivity contribution in [2.75, 3.05) is 5.01 Å². The van der Waals surface area contributed by atoms with Crippen LogP contribution in [-0.2, 0) is 0 Å². The summed E-state index contributed by atoms with van der Waals surface area (Å²) in [5.74, 6) is 0.829. The second kappa shape index (κ2) is 5.88. The Balaban J connectivity index is 1.66. The molecule has 0 saturated carbocycles. The number of benzene rings is 2. The summed E-state index contributed by atoms with van der Waals surface area (Å²) >= 11 is 0. The summed E-state index contributed by atoms with van der Waals surface area (Å²) in [6.07, 6.45) is 1.92. The molecule has 24 heavy (non-hydrogen) atoms. The van der Waals surface area contributed by atoms with Crippen molar-refractivity contribution in [2.45, 2.75) is 25.8 Å². The van der Waals surface area contributed by atoms with Gasteiger partial charge in [-0.2, -0.15) is 9.78 Å². The van der Waals surface area contributed by atoms with Gasteiger partial charge in [0.1, 0.15) is 0 Å². The van der Waals surface area contributed by atoms with Crippen LogP contribution < -0.4 is 5.01 Å². The number of hydrazone groups is 1. The van der Waals surface area contributed by atoms with Gasteiger partial charge in [0, 0.05) is 6.21 Å². The molecule has 2 unspecified atom stereocenters. The molecule has 0 amide bonds. The largest absolute Gasteiger partial charge is 0.262 e. The quantitative estimate of drug-likeness (QED) is 0.745. The molecular weight excluding hydrogens is 300 g/mol. The van der Waals surface area contributed by atoms with Crippen molar-refractivity contribution in [1.29, 1.82) is 0 Å². The van der Waals surface area contributed by atoms with E-state index in [2.05, 4.69) is 58.7 Å². The standard InChI is InChI=1S/C18H18N6/c1-13-8-10-16(11-9-13)24-18(20-21-22-24)17-12-19-23(14(17)2)15-6-4-3-5-7-15/h3-12,14,17H,1-2H3. The number of tetrazole rings is 1. The predicted molar refractivity (Wildman–Crippen MR) is 93.5 cm³/mol. The van der Waals surface area contributed by atoms with E-state index in [0.29, 0.717) is 0 Å². The number of anilines is 1. The third kappa shape index (κ3) is 2.46. The monoisotopic (exact) mass is 318 g/mol. The molecule has 2 aromatic carbocycles. The van der Waals surface area contributed by atoms with Gasteiger partial charge < -0.3 is 0 Å². The minimum Gasteiger partial charge on any atom is -0.262 e. The van der Waals surface area contributed by atoms with Gasteiger partial charge in [-0.3, -0.25) is 5.01 Å². The minimum absolute atomic E-state index is 0.0292. The van der Waals surface area contributed by atoms with Crippen molar-refractivity contribution in [2.24, 2.45) is 5.10 Å². The summed E-state index contributed by atoms with van der Waals surface area (Å²) in [4.78, 5) is 0. The highest BCUT2D eigenvalue weighted by Gasteiger charge is 2.33. The van der Waals surface area contributed by atoms with Crippen LogP contribution in [0.5, 0.6) is 0 Å². The van der Waals surface area contributed by atoms with Gasteiger partial charge in [0.2, 0.25) is 0 Å². The molecule has 4 rings (SSSR count).